The standard InChI is InChI=1S/C17H24N4O/c1-4-21-13(2)10-16(14(21)3)17(22)19-8-5-6-15(11-19)20-9-7-18-12-20/h7,9-10,12,15H,4-6,8,11H2,1-3H3. The van der Waals surface area contributed by atoms with E-state index in [0.717, 1.165) is 49.4 Å². The van der Waals surface area contributed by atoms with E-state index in [1.807, 2.05) is 30.4 Å². The van der Waals surface area contributed by atoms with Gasteiger partial charge in [0.2, 0.25) is 0 Å². The minimum atomic E-state index is 0.164. The van der Waals surface area contributed by atoms with Gasteiger partial charge in [0.15, 0.2) is 0 Å². The summed E-state index contributed by atoms with van der Waals surface area (Å²) in [5.41, 5.74) is 3.09. The number of aryl methyl sites for hydroxylation is 1. The number of aromatic nitrogens is 3. The van der Waals surface area contributed by atoms with Gasteiger partial charge in [-0.05, 0) is 39.7 Å². The summed E-state index contributed by atoms with van der Waals surface area (Å²) >= 11 is 0. The largest absolute Gasteiger partial charge is 0.349 e. The third-order valence-electron chi connectivity index (χ3n) is 4.75. The molecule has 118 valence electrons. The second-order valence-electron chi connectivity index (χ2n) is 6.09. The lowest BCUT2D eigenvalue weighted by molar-refractivity contribution is 0.0678. The first-order valence-corrected chi connectivity index (χ1v) is 8.05. The normalized spacial score (nSPS) is 18.7. The second kappa shape index (κ2) is 5.99. The van der Waals surface area contributed by atoms with Gasteiger partial charge in [0.05, 0.1) is 17.9 Å². The molecule has 1 atom stereocenters. The third kappa shape index (κ3) is 2.56. The summed E-state index contributed by atoms with van der Waals surface area (Å²) in [5.74, 6) is 0.164. The van der Waals surface area contributed by atoms with E-state index in [0.29, 0.717) is 6.04 Å². The minimum absolute atomic E-state index is 0.164. The Bertz CT molecular complexity index is 657. The lowest BCUT2D eigenvalue weighted by Crippen LogP contribution is -2.40. The maximum Gasteiger partial charge on any atom is 0.255 e. The first kappa shape index (κ1) is 14.9. The lowest BCUT2D eigenvalue weighted by atomic mass is 10.0. The van der Waals surface area contributed by atoms with Crippen LogP contribution in [0.25, 0.3) is 0 Å². The van der Waals surface area contributed by atoms with Crippen LogP contribution in [0.3, 0.4) is 0 Å². The topological polar surface area (TPSA) is 43.1 Å². The van der Waals surface area contributed by atoms with E-state index in [4.69, 9.17) is 0 Å². The fourth-order valence-corrected chi connectivity index (χ4v) is 3.54. The average molecular weight is 300 g/mol. The summed E-state index contributed by atoms with van der Waals surface area (Å²) in [4.78, 5) is 19.0. The van der Waals surface area contributed by atoms with Crippen LogP contribution < -0.4 is 0 Å². The SMILES string of the molecule is CCn1c(C)cc(C(=O)N2CCCC(n3ccnc3)C2)c1C. The van der Waals surface area contributed by atoms with Crippen molar-refractivity contribution in [1.29, 1.82) is 0 Å². The van der Waals surface area contributed by atoms with Crippen LogP contribution in [-0.2, 0) is 6.54 Å². The Morgan fingerprint density at radius 3 is 2.86 bits per heavy atom. The molecule has 1 unspecified atom stereocenters. The van der Waals surface area contributed by atoms with E-state index in [1.165, 1.54) is 0 Å². The van der Waals surface area contributed by atoms with Crippen LogP contribution in [0.15, 0.2) is 24.8 Å². The summed E-state index contributed by atoms with van der Waals surface area (Å²) in [6.07, 6.45) is 7.79. The molecule has 0 bridgehead atoms. The van der Waals surface area contributed by atoms with Crippen molar-refractivity contribution >= 4 is 5.91 Å². The molecule has 0 N–H and O–H groups in total. The smallest absolute Gasteiger partial charge is 0.255 e. The molecule has 1 aliphatic rings. The molecule has 3 rings (SSSR count). The number of nitrogens with zero attached hydrogens (tertiary/aromatic N) is 4. The van der Waals surface area contributed by atoms with Crippen LogP contribution in [0.5, 0.6) is 0 Å². The fourth-order valence-electron chi connectivity index (χ4n) is 3.54. The van der Waals surface area contributed by atoms with Crippen LogP contribution >= 0.6 is 0 Å². The van der Waals surface area contributed by atoms with Crippen LogP contribution in [0.2, 0.25) is 0 Å². The Labute approximate surface area is 131 Å². The van der Waals surface area contributed by atoms with Crippen molar-refractivity contribution in [2.24, 2.45) is 0 Å². The van der Waals surface area contributed by atoms with E-state index in [-0.39, 0.29) is 5.91 Å². The van der Waals surface area contributed by atoms with E-state index >= 15 is 0 Å². The highest BCUT2D eigenvalue weighted by atomic mass is 16.2. The molecule has 5 heteroatoms. The molecule has 22 heavy (non-hydrogen) atoms. The van der Waals surface area contributed by atoms with Crippen molar-refractivity contribution < 1.29 is 4.79 Å². The predicted molar refractivity (Wildman–Crippen MR) is 86.0 cm³/mol. The Hall–Kier alpha value is -2.04. The van der Waals surface area contributed by atoms with Crippen molar-refractivity contribution in [3.8, 4) is 0 Å². The third-order valence-corrected chi connectivity index (χ3v) is 4.75. The highest BCUT2D eigenvalue weighted by Crippen LogP contribution is 2.24. The average Bonchev–Trinajstić information content (AvgIpc) is 3.15. The molecule has 0 radical (unpaired) electrons. The van der Waals surface area contributed by atoms with Gasteiger partial charge in [-0.25, -0.2) is 4.98 Å². The van der Waals surface area contributed by atoms with Gasteiger partial charge in [-0.1, -0.05) is 0 Å². The van der Waals surface area contributed by atoms with Gasteiger partial charge >= 0.3 is 0 Å². The lowest BCUT2D eigenvalue weighted by Gasteiger charge is -2.33. The van der Waals surface area contributed by atoms with Gasteiger partial charge in [-0.15, -0.1) is 0 Å². The van der Waals surface area contributed by atoms with Crippen LogP contribution in [0.1, 0.15) is 47.6 Å². The quantitative estimate of drug-likeness (QED) is 0.875. The van der Waals surface area contributed by atoms with Crippen molar-refractivity contribution in [2.45, 2.75) is 46.2 Å². The monoisotopic (exact) mass is 300 g/mol. The van der Waals surface area contributed by atoms with Gasteiger partial charge in [-0.3, -0.25) is 4.79 Å². The Balaban J connectivity index is 1.80. The van der Waals surface area contributed by atoms with Gasteiger partial charge in [-0.2, -0.15) is 0 Å². The molecule has 5 nitrogen and oxygen atoms in total. The molecular weight excluding hydrogens is 276 g/mol. The van der Waals surface area contributed by atoms with Gasteiger partial charge < -0.3 is 14.0 Å². The molecule has 0 aliphatic carbocycles. The molecule has 2 aromatic heterocycles. The summed E-state index contributed by atoms with van der Waals surface area (Å²) in [5, 5.41) is 0. The molecular formula is C17H24N4O. The minimum Gasteiger partial charge on any atom is -0.349 e. The number of carbonyl (C=O) groups excluding carboxylic acids is 1. The first-order valence-electron chi connectivity index (χ1n) is 8.05. The molecule has 1 fully saturated rings. The van der Waals surface area contributed by atoms with E-state index < -0.39 is 0 Å². The Kier molecular flexibility index (Phi) is 4.05. The predicted octanol–water partition coefficient (Wildman–Crippen LogP) is 2.80. The molecule has 2 aromatic rings. The second-order valence-corrected chi connectivity index (χ2v) is 6.09. The highest BCUT2D eigenvalue weighted by molar-refractivity contribution is 5.95. The Morgan fingerprint density at radius 2 is 2.23 bits per heavy atom. The summed E-state index contributed by atoms with van der Waals surface area (Å²) in [6, 6.07) is 2.37. The number of carbonyl (C=O) groups is 1. The molecule has 1 amide bonds. The Morgan fingerprint density at radius 1 is 1.41 bits per heavy atom. The molecule has 3 heterocycles. The molecule has 0 spiro atoms. The number of amides is 1. The number of hydrogen-bond acceptors (Lipinski definition) is 2. The fraction of sp³-hybridized carbons (Fsp3) is 0.529. The van der Waals surface area contributed by atoms with Gasteiger partial charge in [0.25, 0.3) is 5.91 Å². The van der Waals surface area contributed by atoms with Crippen LogP contribution in [-0.4, -0.2) is 38.0 Å². The molecule has 0 aromatic carbocycles. The van der Waals surface area contributed by atoms with E-state index in [1.54, 1.807) is 6.20 Å². The van der Waals surface area contributed by atoms with Crippen molar-refractivity contribution in [1.82, 2.24) is 19.0 Å². The number of likely N-dealkylation sites (tertiary alicyclic amines) is 1. The van der Waals surface area contributed by atoms with Gasteiger partial charge in [0.1, 0.15) is 0 Å². The summed E-state index contributed by atoms with van der Waals surface area (Å²) in [6.45, 7) is 8.75. The number of hydrogen-bond donors (Lipinski definition) is 0. The summed E-state index contributed by atoms with van der Waals surface area (Å²) in [7, 11) is 0. The molecule has 0 saturated carbocycles. The van der Waals surface area contributed by atoms with Crippen LogP contribution in [0.4, 0.5) is 0 Å². The van der Waals surface area contributed by atoms with E-state index in [9.17, 15) is 4.79 Å². The highest BCUT2D eigenvalue weighted by Gasteiger charge is 2.27. The van der Waals surface area contributed by atoms with Crippen molar-refractivity contribution in [3.05, 3.63) is 41.7 Å². The zero-order valence-electron chi connectivity index (χ0n) is 13.6. The maximum atomic E-state index is 12.9. The molecule has 1 aliphatic heterocycles. The zero-order valence-corrected chi connectivity index (χ0v) is 13.6. The molecule has 1 saturated heterocycles. The van der Waals surface area contributed by atoms with E-state index in [2.05, 4.69) is 28.0 Å². The zero-order chi connectivity index (χ0) is 15.7. The van der Waals surface area contributed by atoms with Crippen LogP contribution in [0, 0.1) is 13.8 Å². The van der Waals surface area contributed by atoms with Crippen molar-refractivity contribution in [3.63, 3.8) is 0 Å². The first-order chi connectivity index (χ1) is 10.6. The summed E-state index contributed by atoms with van der Waals surface area (Å²) < 4.78 is 4.32. The number of piperidine rings is 1. The number of imidazole rings is 1. The number of rotatable bonds is 3. The van der Waals surface area contributed by atoms with Crippen molar-refractivity contribution in [2.75, 3.05) is 13.1 Å². The van der Waals surface area contributed by atoms with Gasteiger partial charge in [0, 0.05) is 43.4 Å². The maximum absolute atomic E-state index is 12.9.